The molecule has 1 N–H and O–H groups in total. The van der Waals surface area contributed by atoms with E-state index in [1.165, 1.54) is 0 Å². The molecule has 0 radical (unpaired) electrons. The van der Waals surface area contributed by atoms with Crippen molar-refractivity contribution in [3.05, 3.63) is 58.6 Å². The number of amides is 2. The SMILES string of the molecule is CCc1cccc(CC)c1N1C[C@@H](C(=O)Nc2ccccc2Cl)CC1=O. The van der Waals surface area contributed by atoms with Gasteiger partial charge in [0, 0.05) is 18.7 Å². The second-order valence-electron chi connectivity index (χ2n) is 6.51. The number of hydrogen-bond acceptors (Lipinski definition) is 2. The third-order valence-corrected chi connectivity index (χ3v) is 5.19. The molecule has 0 spiro atoms. The summed E-state index contributed by atoms with van der Waals surface area (Å²) in [5, 5.41) is 3.34. The van der Waals surface area contributed by atoms with Crippen molar-refractivity contribution in [2.45, 2.75) is 33.1 Å². The van der Waals surface area contributed by atoms with Crippen LogP contribution in [0.15, 0.2) is 42.5 Å². The summed E-state index contributed by atoms with van der Waals surface area (Å²) in [5.74, 6) is -0.547. The van der Waals surface area contributed by atoms with E-state index in [1.54, 1.807) is 17.0 Å². The fourth-order valence-corrected chi connectivity index (χ4v) is 3.64. The molecule has 1 heterocycles. The first-order valence-corrected chi connectivity index (χ1v) is 9.39. The van der Waals surface area contributed by atoms with Gasteiger partial charge in [-0.25, -0.2) is 0 Å². The molecular formula is C21H23ClN2O2. The summed E-state index contributed by atoms with van der Waals surface area (Å²) in [7, 11) is 0. The van der Waals surface area contributed by atoms with Gasteiger partial charge in [0.05, 0.1) is 16.6 Å². The van der Waals surface area contributed by atoms with Crippen LogP contribution in [-0.2, 0) is 22.4 Å². The molecule has 0 saturated carbocycles. The van der Waals surface area contributed by atoms with Gasteiger partial charge in [-0.2, -0.15) is 0 Å². The number of benzene rings is 2. The molecule has 0 aromatic heterocycles. The highest BCUT2D eigenvalue weighted by Gasteiger charge is 2.36. The maximum Gasteiger partial charge on any atom is 0.229 e. The van der Waals surface area contributed by atoms with Crippen molar-refractivity contribution in [3.8, 4) is 0 Å². The first-order chi connectivity index (χ1) is 12.5. The van der Waals surface area contributed by atoms with Crippen molar-refractivity contribution < 1.29 is 9.59 Å². The van der Waals surface area contributed by atoms with Crippen molar-refractivity contribution in [3.63, 3.8) is 0 Å². The summed E-state index contributed by atoms with van der Waals surface area (Å²) in [6, 6.07) is 13.3. The fraction of sp³-hybridized carbons (Fsp3) is 0.333. The van der Waals surface area contributed by atoms with Crippen LogP contribution in [0.4, 0.5) is 11.4 Å². The number of carbonyl (C=O) groups is 2. The van der Waals surface area contributed by atoms with E-state index in [0.29, 0.717) is 17.3 Å². The average molecular weight is 371 g/mol. The predicted molar refractivity (Wildman–Crippen MR) is 106 cm³/mol. The molecule has 2 aromatic carbocycles. The summed E-state index contributed by atoms with van der Waals surface area (Å²) < 4.78 is 0. The molecule has 0 unspecified atom stereocenters. The lowest BCUT2D eigenvalue weighted by atomic mass is 10.0. The van der Waals surface area contributed by atoms with Crippen molar-refractivity contribution in [1.82, 2.24) is 0 Å². The Kier molecular flexibility index (Phi) is 5.62. The number of para-hydroxylation sites is 2. The summed E-state index contributed by atoms with van der Waals surface area (Å²) in [5.41, 5.74) is 3.85. The minimum absolute atomic E-state index is 0.0000846. The Morgan fingerprint density at radius 2 is 1.77 bits per heavy atom. The highest BCUT2D eigenvalue weighted by Crippen LogP contribution is 2.33. The Balaban J connectivity index is 1.81. The number of nitrogens with one attached hydrogen (secondary N) is 1. The van der Waals surface area contributed by atoms with Crippen LogP contribution in [0.2, 0.25) is 5.02 Å². The Morgan fingerprint density at radius 3 is 2.38 bits per heavy atom. The topological polar surface area (TPSA) is 49.4 Å². The first kappa shape index (κ1) is 18.5. The fourth-order valence-electron chi connectivity index (χ4n) is 3.46. The zero-order valence-electron chi connectivity index (χ0n) is 15.1. The zero-order chi connectivity index (χ0) is 18.7. The third kappa shape index (κ3) is 3.61. The van der Waals surface area contributed by atoms with Gasteiger partial charge >= 0.3 is 0 Å². The molecule has 26 heavy (non-hydrogen) atoms. The largest absolute Gasteiger partial charge is 0.324 e. The standard InChI is InChI=1S/C21H23ClN2O2/c1-3-14-8-7-9-15(4-2)20(14)24-13-16(12-19(24)25)21(26)23-18-11-6-5-10-17(18)22/h5-11,16H,3-4,12-13H2,1-2H3,(H,23,26)/t16-/m0/s1. The van der Waals surface area contributed by atoms with Gasteiger partial charge in [0.15, 0.2) is 0 Å². The van der Waals surface area contributed by atoms with Crippen molar-refractivity contribution in [2.75, 3.05) is 16.8 Å². The Bertz CT molecular complexity index is 812. The molecule has 136 valence electrons. The van der Waals surface area contributed by atoms with E-state index in [2.05, 4.69) is 31.3 Å². The highest BCUT2D eigenvalue weighted by atomic mass is 35.5. The van der Waals surface area contributed by atoms with Crippen molar-refractivity contribution >= 4 is 34.8 Å². The van der Waals surface area contributed by atoms with Gasteiger partial charge in [-0.15, -0.1) is 0 Å². The second-order valence-corrected chi connectivity index (χ2v) is 6.91. The molecule has 2 aromatic rings. The summed E-state index contributed by atoms with van der Waals surface area (Å²) in [6.45, 7) is 4.57. The number of aryl methyl sites for hydroxylation is 2. The average Bonchev–Trinajstić information content (AvgIpc) is 3.04. The molecular weight excluding hydrogens is 348 g/mol. The van der Waals surface area contributed by atoms with E-state index in [0.717, 1.165) is 29.7 Å². The minimum Gasteiger partial charge on any atom is -0.324 e. The van der Waals surface area contributed by atoms with Crippen LogP contribution in [0.5, 0.6) is 0 Å². The van der Waals surface area contributed by atoms with E-state index in [1.807, 2.05) is 18.2 Å². The van der Waals surface area contributed by atoms with Gasteiger partial charge in [0.2, 0.25) is 11.8 Å². The van der Waals surface area contributed by atoms with Gasteiger partial charge < -0.3 is 10.2 Å². The number of rotatable bonds is 5. The Labute approximate surface area is 159 Å². The maximum absolute atomic E-state index is 12.7. The monoisotopic (exact) mass is 370 g/mol. The molecule has 1 aliphatic heterocycles. The molecule has 5 heteroatoms. The van der Waals surface area contributed by atoms with Gasteiger partial charge in [-0.3, -0.25) is 9.59 Å². The van der Waals surface area contributed by atoms with E-state index in [9.17, 15) is 9.59 Å². The summed E-state index contributed by atoms with van der Waals surface area (Å²) >= 11 is 6.12. The summed E-state index contributed by atoms with van der Waals surface area (Å²) in [4.78, 5) is 27.1. The second kappa shape index (κ2) is 7.92. The number of halogens is 1. The van der Waals surface area contributed by atoms with Gasteiger partial charge in [0.1, 0.15) is 0 Å². The molecule has 3 rings (SSSR count). The van der Waals surface area contributed by atoms with Gasteiger partial charge in [0.25, 0.3) is 0 Å². The van der Waals surface area contributed by atoms with Crippen molar-refractivity contribution in [1.29, 1.82) is 0 Å². The van der Waals surface area contributed by atoms with Crippen LogP contribution in [0.1, 0.15) is 31.4 Å². The maximum atomic E-state index is 12.7. The van der Waals surface area contributed by atoms with Crippen LogP contribution in [-0.4, -0.2) is 18.4 Å². The van der Waals surface area contributed by atoms with Crippen LogP contribution < -0.4 is 10.2 Å². The van der Waals surface area contributed by atoms with E-state index < -0.39 is 0 Å². The number of carbonyl (C=O) groups excluding carboxylic acids is 2. The first-order valence-electron chi connectivity index (χ1n) is 9.01. The lowest BCUT2D eigenvalue weighted by Crippen LogP contribution is -2.29. The zero-order valence-corrected chi connectivity index (χ0v) is 15.8. The third-order valence-electron chi connectivity index (χ3n) is 4.86. The highest BCUT2D eigenvalue weighted by molar-refractivity contribution is 6.33. The smallest absolute Gasteiger partial charge is 0.229 e. The molecule has 1 aliphatic rings. The Hall–Kier alpha value is -2.33. The molecule has 1 atom stereocenters. The van der Waals surface area contributed by atoms with Gasteiger partial charge in [-0.1, -0.05) is 55.8 Å². The van der Waals surface area contributed by atoms with E-state index in [4.69, 9.17) is 11.6 Å². The number of anilines is 2. The minimum atomic E-state index is -0.381. The number of nitrogens with zero attached hydrogens (tertiary/aromatic N) is 1. The lowest BCUT2D eigenvalue weighted by Gasteiger charge is -2.23. The molecule has 0 bridgehead atoms. The van der Waals surface area contributed by atoms with Gasteiger partial charge in [-0.05, 0) is 36.1 Å². The molecule has 1 saturated heterocycles. The van der Waals surface area contributed by atoms with Crippen LogP contribution >= 0.6 is 11.6 Å². The predicted octanol–water partition coefficient (Wildman–Crippen LogP) is 4.46. The van der Waals surface area contributed by atoms with Crippen molar-refractivity contribution in [2.24, 2.45) is 5.92 Å². The molecule has 0 aliphatic carbocycles. The molecule has 4 nitrogen and oxygen atoms in total. The van der Waals surface area contributed by atoms with Crippen LogP contribution in [0.3, 0.4) is 0 Å². The van der Waals surface area contributed by atoms with Crippen LogP contribution in [0.25, 0.3) is 0 Å². The van der Waals surface area contributed by atoms with E-state index >= 15 is 0 Å². The lowest BCUT2D eigenvalue weighted by molar-refractivity contribution is -0.122. The molecule has 2 amide bonds. The quantitative estimate of drug-likeness (QED) is 0.844. The Morgan fingerprint density at radius 1 is 1.12 bits per heavy atom. The van der Waals surface area contributed by atoms with E-state index in [-0.39, 0.29) is 24.2 Å². The molecule has 1 fully saturated rings. The van der Waals surface area contributed by atoms with Crippen LogP contribution in [0, 0.1) is 5.92 Å². The number of hydrogen-bond donors (Lipinski definition) is 1. The normalized spacial score (nSPS) is 16.8. The summed E-state index contributed by atoms with van der Waals surface area (Å²) in [6.07, 6.45) is 1.92.